The summed E-state index contributed by atoms with van der Waals surface area (Å²) < 4.78 is 0. The molecule has 0 aromatic heterocycles. The van der Waals surface area contributed by atoms with E-state index < -0.39 is 5.91 Å². The lowest BCUT2D eigenvalue weighted by Crippen LogP contribution is -2.22. The van der Waals surface area contributed by atoms with Crippen LogP contribution in [0.3, 0.4) is 0 Å². The van der Waals surface area contributed by atoms with Crippen LogP contribution >= 0.6 is 11.6 Å². The van der Waals surface area contributed by atoms with Crippen LogP contribution in [0.1, 0.15) is 22.8 Å². The fraction of sp³-hybridized carbons (Fsp3) is 0.188. The predicted molar refractivity (Wildman–Crippen MR) is 87.6 cm³/mol. The lowest BCUT2D eigenvalue weighted by atomic mass is 10.1. The molecule has 1 unspecified atom stereocenters. The van der Waals surface area contributed by atoms with Crippen LogP contribution in [0.5, 0.6) is 0 Å². The van der Waals surface area contributed by atoms with Crippen molar-refractivity contribution in [2.75, 3.05) is 11.1 Å². The van der Waals surface area contributed by atoms with Crippen molar-refractivity contribution < 1.29 is 4.79 Å². The molecule has 1 amide bonds. The van der Waals surface area contributed by atoms with E-state index in [0.717, 1.165) is 6.42 Å². The van der Waals surface area contributed by atoms with Gasteiger partial charge in [0.05, 0.1) is 16.3 Å². The fourth-order valence-electron chi connectivity index (χ4n) is 2.23. The molecule has 0 heterocycles. The standard InChI is InChI=1S/C16H18ClN3O/c1-10(7-11-5-3-2-4-6-11)20-15-13(16(19)21)8-12(18)9-14(15)17/h2-6,8-10,20H,7,18H2,1H3,(H2,19,21). The van der Waals surface area contributed by atoms with Gasteiger partial charge in [-0.2, -0.15) is 0 Å². The molecule has 21 heavy (non-hydrogen) atoms. The first-order valence-corrected chi connectivity index (χ1v) is 7.04. The van der Waals surface area contributed by atoms with Gasteiger partial charge >= 0.3 is 0 Å². The summed E-state index contributed by atoms with van der Waals surface area (Å²) in [6, 6.07) is 13.3. The minimum absolute atomic E-state index is 0.0895. The van der Waals surface area contributed by atoms with Crippen molar-refractivity contribution in [1.29, 1.82) is 0 Å². The number of hydrogen-bond acceptors (Lipinski definition) is 3. The van der Waals surface area contributed by atoms with Crippen molar-refractivity contribution >= 4 is 28.9 Å². The van der Waals surface area contributed by atoms with E-state index in [9.17, 15) is 4.79 Å². The molecule has 2 rings (SSSR count). The third kappa shape index (κ3) is 3.89. The molecule has 0 saturated heterocycles. The number of halogens is 1. The molecule has 1 atom stereocenters. The Balaban J connectivity index is 2.21. The van der Waals surface area contributed by atoms with Gasteiger partial charge in [0.2, 0.25) is 0 Å². The number of benzene rings is 2. The van der Waals surface area contributed by atoms with Gasteiger partial charge in [-0.05, 0) is 31.0 Å². The minimum Gasteiger partial charge on any atom is -0.399 e. The summed E-state index contributed by atoms with van der Waals surface area (Å²) in [5.74, 6) is -0.557. The maximum Gasteiger partial charge on any atom is 0.250 e. The summed E-state index contributed by atoms with van der Waals surface area (Å²) in [5, 5.41) is 3.64. The minimum atomic E-state index is -0.557. The Bertz CT molecular complexity index is 643. The highest BCUT2D eigenvalue weighted by atomic mass is 35.5. The van der Waals surface area contributed by atoms with E-state index in [1.807, 2.05) is 25.1 Å². The number of anilines is 2. The lowest BCUT2D eigenvalue weighted by Gasteiger charge is -2.19. The van der Waals surface area contributed by atoms with E-state index in [0.29, 0.717) is 22.0 Å². The van der Waals surface area contributed by atoms with Crippen molar-refractivity contribution in [3.63, 3.8) is 0 Å². The van der Waals surface area contributed by atoms with Crippen molar-refractivity contribution in [3.8, 4) is 0 Å². The van der Waals surface area contributed by atoms with Crippen LogP contribution < -0.4 is 16.8 Å². The quantitative estimate of drug-likeness (QED) is 0.743. The molecule has 0 saturated carbocycles. The fourth-order valence-corrected chi connectivity index (χ4v) is 2.52. The van der Waals surface area contributed by atoms with Crippen LogP contribution in [0, 0.1) is 0 Å². The smallest absolute Gasteiger partial charge is 0.250 e. The number of nitrogen functional groups attached to an aromatic ring is 1. The molecule has 0 spiro atoms. The van der Waals surface area contributed by atoms with Gasteiger partial charge < -0.3 is 16.8 Å². The number of nitrogens with one attached hydrogen (secondary N) is 1. The Morgan fingerprint density at radius 3 is 2.57 bits per heavy atom. The second kappa shape index (κ2) is 6.50. The average Bonchev–Trinajstić information content (AvgIpc) is 2.42. The number of carbonyl (C=O) groups excluding carboxylic acids is 1. The highest BCUT2D eigenvalue weighted by Crippen LogP contribution is 2.29. The molecule has 2 aromatic carbocycles. The van der Waals surface area contributed by atoms with Crippen LogP contribution in [0.2, 0.25) is 5.02 Å². The third-order valence-corrected chi connectivity index (χ3v) is 3.45. The predicted octanol–water partition coefficient (Wildman–Crippen LogP) is 3.06. The van der Waals surface area contributed by atoms with E-state index >= 15 is 0 Å². The monoisotopic (exact) mass is 303 g/mol. The molecule has 4 nitrogen and oxygen atoms in total. The molecule has 0 aliphatic carbocycles. The Kier molecular flexibility index (Phi) is 4.70. The van der Waals surface area contributed by atoms with Crippen LogP contribution in [-0.2, 0) is 6.42 Å². The van der Waals surface area contributed by atoms with Gasteiger partial charge in [-0.25, -0.2) is 0 Å². The molecule has 0 bridgehead atoms. The zero-order valence-electron chi connectivity index (χ0n) is 11.8. The first-order chi connectivity index (χ1) is 9.97. The highest BCUT2D eigenvalue weighted by molar-refractivity contribution is 6.34. The molecule has 0 aliphatic heterocycles. The van der Waals surface area contributed by atoms with Gasteiger partial charge in [0.15, 0.2) is 0 Å². The van der Waals surface area contributed by atoms with Crippen molar-refractivity contribution in [2.24, 2.45) is 5.73 Å². The number of primary amides is 1. The van der Waals surface area contributed by atoms with Crippen LogP contribution in [0.4, 0.5) is 11.4 Å². The number of amides is 1. The summed E-state index contributed by atoms with van der Waals surface area (Å²) >= 11 is 6.18. The number of rotatable bonds is 5. The molecule has 110 valence electrons. The van der Waals surface area contributed by atoms with Gasteiger partial charge in [-0.15, -0.1) is 0 Å². The highest BCUT2D eigenvalue weighted by Gasteiger charge is 2.15. The van der Waals surface area contributed by atoms with Crippen molar-refractivity contribution in [3.05, 3.63) is 58.6 Å². The molecule has 0 fully saturated rings. The van der Waals surface area contributed by atoms with E-state index in [-0.39, 0.29) is 6.04 Å². The van der Waals surface area contributed by atoms with Crippen molar-refractivity contribution in [1.82, 2.24) is 0 Å². The number of nitrogens with two attached hydrogens (primary N) is 2. The molecule has 5 heteroatoms. The zero-order valence-corrected chi connectivity index (χ0v) is 12.5. The summed E-state index contributed by atoms with van der Waals surface area (Å²) in [5.41, 5.74) is 13.5. The summed E-state index contributed by atoms with van der Waals surface area (Å²) in [7, 11) is 0. The zero-order chi connectivity index (χ0) is 15.4. The molecule has 0 radical (unpaired) electrons. The Morgan fingerprint density at radius 1 is 1.29 bits per heavy atom. The molecule has 0 aliphatic rings. The van der Waals surface area contributed by atoms with Crippen LogP contribution in [0.25, 0.3) is 0 Å². The van der Waals surface area contributed by atoms with E-state index in [1.54, 1.807) is 6.07 Å². The normalized spacial score (nSPS) is 11.9. The van der Waals surface area contributed by atoms with Gasteiger partial charge in [0, 0.05) is 11.7 Å². The molecular weight excluding hydrogens is 286 g/mol. The van der Waals surface area contributed by atoms with E-state index in [1.165, 1.54) is 11.6 Å². The number of hydrogen-bond donors (Lipinski definition) is 3. The van der Waals surface area contributed by atoms with Crippen LogP contribution in [0.15, 0.2) is 42.5 Å². The largest absolute Gasteiger partial charge is 0.399 e. The Hall–Kier alpha value is -2.20. The van der Waals surface area contributed by atoms with E-state index in [4.69, 9.17) is 23.1 Å². The Labute approximate surface area is 129 Å². The molecular formula is C16H18ClN3O. The summed E-state index contributed by atoms with van der Waals surface area (Å²) in [4.78, 5) is 11.5. The third-order valence-electron chi connectivity index (χ3n) is 3.15. The van der Waals surface area contributed by atoms with Crippen LogP contribution in [-0.4, -0.2) is 11.9 Å². The van der Waals surface area contributed by atoms with E-state index in [2.05, 4.69) is 17.4 Å². The topological polar surface area (TPSA) is 81.1 Å². The van der Waals surface area contributed by atoms with Gasteiger partial charge in [0.1, 0.15) is 0 Å². The summed E-state index contributed by atoms with van der Waals surface area (Å²) in [6.07, 6.45) is 0.805. The number of carbonyl (C=O) groups is 1. The van der Waals surface area contributed by atoms with Gasteiger partial charge in [-0.3, -0.25) is 4.79 Å². The molecule has 5 N–H and O–H groups in total. The van der Waals surface area contributed by atoms with Gasteiger partial charge in [0.25, 0.3) is 5.91 Å². The maximum atomic E-state index is 11.5. The average molecular weight is 304 g/mol. The maximum absolute atomic E-state index is 11.5. The molecule has 2 aromatic rings. The van der Waals surface area contributed by atoms with Gasteiger partial charge in [-0.1, -0.05) is 41.9 Å². The second-order valence-corrected chi connectivity index (χ2v) is 5.43. The second-order valence-electron chi connectivity index (χ2n) is 5.02. The first-order valence-electron chi connectivity index (χ1n) is 6.66. The SMILES string of the molecule is CC(Cc1ccccc1)Nc1c(Cl)cc(N)cc1C(N)=O. The first kappa shape index (κ1) is 15.2. The lowest BCUT2D eigenvalue weighted by molar-refractivity contribution is 0.100. The Morgan fingerprint density at radius 2 is 1.95 bits per heavy atom. The van der Waals surface area contributed by atoms with Crippen molar-refractivity contribution in [2.45, 2.75) is 19.4 Å². The summed E-state index contributed by atoms with van der Waals surface area (Å²) in [6.45, 7) is 2.02.